The maximum Gasteiger partial charge on any atom is 0.282 e. The van der Waals surface area contributed by atoms with E-state index in [-0.39, 0.29) is 11.9 Å². The molecule has 1 aromatic heterocycles. The number of carbonyl (C=O) groups excluding carboxylic acids is 1. The number of aromatic nitrogens is 2. The maximum absolute atomic E-state index is 12.0. The Kier molecular flexibility index (Phi) is 4.34. The van der Waals surface area contributed by atoms with E-state index in [0.717, 1.165) is 5.56 Å². The lowest BCUT2D eigenvalue weighted by atomic mass is 10.1. The zero-order valence-corrected chi connectivity index (χ0v) is 12.0. The molecule has 0 aliphatic rings. The van der Waals surface area contributed by atoms with Crippen molar-refractivity contribution in [3.63, 3.8) is 0 Å². The molecule has 5 nitrogen and oxygen atoms in total. The molecule has 0 fully saturated rings. The maximum atomic E-state index is 12.0. The molecule has 0 bridgehead atoms. The first-order valence-corrected chi connectivity index (χ1v) is 6.88. The third-order valence-corrected chi connectivity index (χ3v) is 3.84. The van der Waals surface area contributed by atoms with E-state index in [1.165, 1.54) is 11.3 Å². The van der Waals surface area contributed by atoms with E-state index in [1.54, 1.807) is 13.1 Å². The highest BCUT2D eigenvalue weighted by Gasteiger charge is 2.17. The van der Waals surface area contributed by atoms with Gasteiger partial charge in [-0.1, -0.05) is 41.1 Å². The number of amides is 1. The molecule has 7 heteroatoms. The molecule has 1 heterocycles. The van der Waals surface area contributed by atoms with Crippen molar-refractivity contribution in [2.75, 3.05) is 12.4 Å². The summed E-state index contributed by atoms with van der Waals surface area (Å²) in [6.45, 7) is 1.87. The minimum Gasteiger partial charge on any atom is -0.363 e. The second-order valence-corrected chi connectivity index (χ2v) is 5.26. The lowest BCUT2D eigenvalue weighted by molar-refractivity contribution is 0.0939. The Bertz CT molecular complexity index is 587. The van der Waals surface area contributed by atoms with Gasteiger partial charge in [-0.3, -0.25) is 4.79 Å². The van der Waals surface area contributed by atoms with Gasteiger partial charge >= 0.3 is 0 Å². The highest BCUT2D eigenvalue weighted by molar-refractivity contribution is 7.17. The van der Waals surface area contributed by atoms with Crippen molar-refractivity contribution >= 4 is 34.0 Å². The molecule has 2 aromatic rings. The Hall–Kier alpha value is -1.66. The molecule has 1 aromatic carbocycles. The van der Waals surface area contributed by atoms with Gasteiger partial charge in [-0.25, -0.2) is 0 Å². The Morgan fingerprint density at radius 2 is 2.11 bits per heavy atom. The molecular formula is C12H13ClN4OS. The van der Waals surface area contributed by atoms with Gasteiger partial charge in [0, 0.05) is 12.1 Å². The first-order chi connectivity index (χ1) is 9.11. The fourth-order valence-corrected chi connectivity index (χ4v) is 2.48. The van der Waals surface area contributed by atoms with Crippen LogP contribution < -0.4 is 10.6 Å². The molecule has 0 saturated heterocycles. The third-order valence-electron chi connectivity index (χ3n) is 2.55. The summed E-state index contributed by atoms with van der Waals surface area (Å²) in [6.07, 6.45) is 0. The van der Waals surface area contributed by atoms with Crippen LogP contribution in [0.5, 0.6) is 0 Å². The lowest BCUT2D eigenvalue weighted by Gasteiger charge is -2.14. The van der Waals surface area contributed by atoms with Crippen LogP contribution in [0.4, 0.5) is 5.13 Å². The summed E-state index contributed by atoms with van der Waals surface area (Å²) >= 11 is 7.29. The van der Waals surface area contributed by atoms with Crippen molar-refractivity contribution in [3.05, 3.63) is 39.9 Å². The van der Waals surface area contributed by atoms with Gasteiger partial charge in [0.1, 0.15) is 0 Å². The number of nitrogens with one attached hydrogen (secondary N) is 2. The Morgan fingerprint density at radius 3 is 2.74 bits per heavy atom. The molecule has 1 amide bonds. The second-order valence-electron chi connectivity index (χ2n) is 3.88. The number of nitrogens with zero attached hydrogens (tertiary/aromatic N) is 2. The molecule has 100 valence electrons. The van der Waals surface area contributed by atoms with Crippen LogP contribution >= 0.6 is 22.9 Å². The lowest BCUT2D eigenvalue weighted by Crippen LogP contribution is -2.26. The number of benzene rings is 1. The minimum atomic E-state index is -0.258. The monoisotopic (exact) mass is 296 g/mol. The normalized spacial score (nSPS) is 11.9. The van der Waals surface area contributed by atoms with Crippen LogP contribution in [0.15, 0.2) is 24.3 Å². The molecule has 2 rings (SSSR count). The van der Waals surface area contributed by atoms with E-state index in [1.807, 2.05) is 25.1 Å². The predicted octanol–water partition coefficient (Wildman–Crippen LogP) is 2.72. The zero-order chi connectivity index (χ0) is 13.8. The molecule has 1 unspecified atom stereocenters. The molecule has 0 aliphatic heterocycles. The minimum absolute atomic E-state index is 0.192. The summed E-state index contributed by atoms with van der Waals surface area (Å²) in [7, 11) is 1.73. The molecule has 0 spiro atoms. The summed E-state index contributed by atoms with van der Waals surface area (Å²) in [6, 6.07) is 7.22. The Balaban J connectivity index is 2.08. The quantitative estimate of drug-likeness (QED) is 0.910. The van der Waals surface area contributed by atoms with Gasteiger partial charge < -0.3 is 10.6 Å². The van der Waals surface area contributed by atoms with Gasteiger partial charge in [0.15, 0.2) is 0 Å². The summed E-state index contributed by atoms with van der Waals surface area (Å²) < 4.78 is 0. The van der Waals surface area contributed by atoms with Crippen LogP contribution in [-0.2, 0) is 0 Å². The van der Waals surface area contributed by atoms with Crippen molar-refractivity contribution in [2.45, 2.75) is 13.0 Å². The Morgan fingerprint density at radius 1 is 1.37 bits per heavy atom. The van der Waals surface area contributed by atoms with Crippen LogP contribution in [-0.4, -0.2) is 23.2 Å². The van der Waals surface area contributed by atoms with Crippen LogP contribution in [0.2, 0.25) is 5.02 Å². The van der Waals surface area contributed by atoms with E-state index in [9.17, 15) is 4.79 Å². The third kappa shape index (κ3) is 3.21. The van der Waals surface area contributed by atoms with E-state index < -0.39 is 0 Å². The van der Waals surface area contributed by atoms with Crippen LogP contribution in [0, 0.1) is 0 Å². The van der Waals surface area contributed by atoms with Crippen LogP contribution in [0.1, 0.15) is 28.3 Å². The van der Waals surface area contributed by atoms with Crippen molar-refractivity contribution < 1.29 is 4.79 Å². The molecule has 1 atom stereocenters. The summed E-state index contributed by atoms with van der Waals surface area (Å²) in [5, 5.41) is 14.9. The fraction of sp³-hybridized carbons (Fsp3) is 0.250. The molecule has 0 radical (unpaired) electrons. The number of halogens is 1. The topological polar surface area (TPSA) is 66.9 Å². The number of carbonyl (C=O) groups is 1. The zero-order valence-electron chi connectivity index (χ0n) is 10.5. The fourth-order valence-electron chi connectivity index (χ4n) is 1.58. The molecular weight excluding hydrogens is 284 g/mol. The van der Waals surface area contributed by atoms with E-state index in [0.29, 0.717) is 15.2 Å². The summed E-state index contributed by atoms with van der Waals surface area (Å²) in [4.78, 5) is 12.0. The molecule has 19 heavy (non-hydrogen) atoms. The molecule has 0 aliphatic carbocycles. The van der Waals surface area contributed by atoms with Gasteiger partial charge in [0.05, 0.1) is 6.04 Å². The standard InChI is InChI=1S/C12H13ClN4OS/c1-7(8-5-3-4-6-9(8)13)15-10(18)11-16-17-12(14-2)19-11/h3-7H,1-2H3,(H,14,17)(H,15,18). The van der Waals surface area contributed by atoms with Crippen LogP contribution in [0.25, 0.3) is 0 Å². The summed E-state index contributed by atoms with van der Waals surface area (Å²) in [5.41, 5.74) is 0.871. The smallest absolute Gasteiger partial charge is 0.282 e. The van der Waals surface area contributed by atoms with E-state index in [2.05, 4.69) is 20.8 Å². The van der Waals surface area contributed by atoms with E-state index in [4.69, 9.17) is 11.6 Å². The van der Waals surface area contributed by atoms with Crippen LogP contribution in [0.3, 0.4) is 0 Å². The Labute approximate surface area is 120 Å². The first-order valence-electron chi connectivity index (χ1n) is 5.68. The van der Waals surface area contributed by atoms with Gasteiger partial charge in [-0.2, -0.15) is 0 Å². The van der Waals surface area contributed by atoms with Gasteiger partial charge in [-0.05, 0) is 18.6 Å². The number of hydrogen-bond acceptors (Lipinski definition) is 5. The van der Waals surface area contributed by atoms with Gasteiger partial charge in [0.2, 0.25) is 10.1 Å². The van der Waals surface area contributed by atoms with E-state index >= 15 is 0 Å². The van der Waals surface area contributed by atoms with Crippen molar-refractivity contribution in [2.24, 2.45) is 0 Å². The predicted molar refractivity (Wildman–Crippen MR) is 76.8 cm³/mol. The average Bonchev–Trinajstić information content (AvgIpc) is 2.88. The van der Waals surface area contributed by atoms with Crippen molar-refractivity contribution in [3.8, 4) is 0 Å². The van der Waals surface area contributed by atoms with Crippen molar-refractivity contribution in [1.82, 2.24) is 15.5 Å². The van der Waals surface area contributed by atoms with Gasteiger partial charge in [-0.15, -0.1) is 10.2 Å². The molecule has 2 N–H and O–H groups in total. The first kappa shape index (κ1) is 13.8. The second kappa shape index (κ2) is 5.99. The van der Waals surface area contributed by atoms with Crippen molar-refractivity contribution in [1.29, 1.82) is 0 Å². The van der Waals surface area contributed by atoms with Gasteiger partial charge in [0.25, 0.3) is 5.91 Å². The highest BCUT2D eigenvalue weighted by Crippen LogP contribution is 2.23. The average molecular weight is 297 g/mol. The highest BCUT2D eigenvalue weighted by atomic mass is 35.5. The molecule has 0 saturated carbocycles. The SMILES string of the molecule is CNc1nnc(C(=O)NC(C)c2ccccc2Cl)s1. The number of hydrogen-bond donors (Lipinski definition) is 2. The number of rotatable bonds is 4. The summed E-state index contributed by atoms with van der Waals surface area (Å²) in [5.74, 6) is -0.258. The largest absolute Gasteiger partial charge is 0.363 e. The number of anilines is 1.